The van der Waals surface area contributed by atoms with Crippen LogP contribution in [0.5, 0.6) is 0 Å². The van der Waals surface area contributed by atoms with E-state index in [4.69, 9.17) is 5.73 Å². The molecule has 114 valence electrons. The maximum absolute atomic E-state index is 12.3. The van der Waals surface area contributed by atoms with Crippen LogP contribution in [-0.4, -0.2) is 30.0 Å². The average molecular weight is 309 g/mol. The molecule has 21 heavy (non-hydrogen) atoms. The van der Waals surface area contributed by atoms with Gasteiger partial charge in [0.15, 0.2) is 0 Å². The monoisotopic (exact) mass is 309 g/mol. The van der Waals surface area contributed by atoms with E-state index >= 15 is 0 Å². The molecule has 1 heterocycles. The molecule has 0 aliphatic carbocycles. The molecule has 0 saturated heterocycles. The van der Waals surface area contributed by atoms with Gasteiger partial charge in [0, 0.05) is 25.8 Å². The number of aryl methyl sites for hydroxylation is 2. The molecule has 0 unspecified atom stereocenters. The van der Waals surface area contributed by atoms with Crippen LogP contribution in [-0.2, 0) is 23.1 Å². The van der Waals surface area contributed by atoms with E-state index in [0.717, 1.165) is 5.56 Å². The molecule has 8 heteroatoms. The summed E-state index contributed by atoms with van der Waals surface area (Å²) in [4.78, 5) is 0.284. The van der Waals surface area contributed by atoms with E-state index in [-0.39, 0.29) is 4.90 Å². The molecule has 1 aromatic heterocycles. The smallest absolute Gasteiger partial charge is 0.240 e. The zero-order valence-electron chi connectivity index (χ0n) is 11.9. The van der Waals surface area contributed by atoms with Gasteiger partial charge in [0.1, 0.15) is 0 Å². The van der Waals surface area contributed by atoms with Crippen LogP contribution < -0.4 is 10.5 Å². The highest BCUT2D eigenvalue weighted by atomic mass is 32.2. The van der Waals surface area contributed by atoms with Gasteiger partial charge in [0.05, 0.1) is 11.1 Å². The van der Waals surface area contributed by atoms with Crippen molar-refractivity contribution in [2.45, 2.75) is 31.3 Å². The number of nitrogens with zero attached hydrogens (tertiary/aromatic N) is 3. The highest BCUT2D eigenvalue weighted by Gasteiger charge is 2.16. The van der Waals surface area contributed by atoms with Crippen LogP contribution in [0.2, 0.25) is 0 Å². The summed E-state index contributed by atoms with van der Waals surface area (Å²) in [7, 11) is -3.52. The van der Waals surface area contributed by atoms with E-state index in [1.165, 1.54) is 0 Å². The molecule has 1 aromatic carbocycles. The maximum atomic E-state index is 12.3. The molecule has 3 N–H and O–H groups in total. The van der Waals surface area contributed by atoms with Crippen LogP contribution in [0.3, 0.4) is 0 Å². The summed E-state index contributed by atoms with van der Waals surface area (Å²) in [5.41, 5.74) is 7.06. The minimum Gasteiger partial charge on any atom is -0.326 e. The predicted octanol–water partition coefficient (Wildman–Crippen LogP) is 0.414. The third kappa shape index (κ3) is 4.10. The van der Waals surface area contributed by atoms with Crippen molar-refractivity contribution in [1.82, 2.24) is 19.7 Å². The first-order valence-electron chi connectivity index (χ1n) is 6.66. The van der Waals surface area contributed by atoms with E-state index in [2.05, 4.69) is 15.0 Å². The number of nitrogens with two attached hydrogens (primary N) is 1. The van der Waals surface area contributed by atoms with Gasteiger partial charge in [-0.15, -0.1) is 5.10 Å². The number of benzene rings is 1. The summed E-state index contributed by atoms with van der Waals surface area (Å²) in [6.07, 6.45) is 3.97. The lowest BCUT2D eigenvalue weighted by molar-refractivity contribution is 0.542. The third-order valence-electron chi connectivity index (χ3n) is 3.11. The molecule has 0 atom stereocenters. The van der Waals surface area contributed by atoms with E-state index in [0.29, 0.717) is 31.6 Å². The Kier molecular flexibility index (Phi) is 5.05. The Labute approximate surface area is 124 Å². The molecule has 0 aliphatic heterocycles. The lowest BCUT2D eigenvalue weighted by atomic mass is 10.1. The molecular weight excluding hydrogens is 290 g/mol. The van der Waals surface area contributed by atoms with Crippen LogP contribution in [0.1, 0.15) is 17.5 Å². The zero-order valence-corrected chi connectivity index (χ0v) is 12.7. The summed E-state index contributed by atoms with van der Waals surface area (Å²) < 4.78 is 28.9. The predicted molar refractivity (Wildman–Crippen MR) is 78.9 cm³/mol. The van der Waals surface area contributed by atoms with Gasteiger partial charge in [-0.2, -0.15) is 0 Å². The van der Waals surface area contributed by atoms with Crippen LogP contribution in [0.25, 0.3) is 0 Å². The number of rotatable bonds is 7. The van der Waals surface area contributed by atoms with E-state index in [1.54, 1.807) is 36.1 Å². The Morgan fingerprint density at radius 3 is 2.86 bits per heavy atom. The topological polar surface area (TPSA) is 103 Å². The Bertz CT molecular complexity index is 683. The molecule has 0 aliphatic rings. The second kappa shape index (κ2) is 6.79. The van der Waals surface area contributed by atoms with Crippen molar-refractivity contribution in [3.05, 3.63) is 41.7 Å². The number of hydrogen-bond donors (Lipinski definition) is 2. The Hall–Kier alpha value is -1.77. The summed E-state index contributed by atoms with van der Waals surface area (Å²) in [6, 6.07) is 5.22. The average Bonchev–Trinajstić information content (AvgIpc) is 2.97. The normalized spacial score (nSPS) is 11.7. The van der Waals surface area contributed by atoms with Crippen molar-refractivity contribution in [2.75, 3.05) is 6.54 Å². The summed E-state index contributed by atoms with van der Waals surface area (Å²) in [6.45, 7) is 3.04. The Balaban J connectivity index is 1.98. The molecule has 0 bridgehead atoms. The molecule has 0 fully saturated rings. The first-order valence-corrected chi connectivity index (χ1v) is 8.14. The summed E-state index contributed by atoms with van der Waals surface area (Å²) >= 11 is 0. The first kappa shape index (κ1) is 15.6. The number of hydrogen-bond acceptors (Lipinski definition) is 5. The van der Waals surface area contributed by atoms with Gasteiger partial charge in [0.2, 0.25) is 10.0 Å². The minimum atomic E-state index is -3.52. The summed E-state index contributed by atoms with van der Waals surface area (Å²) in [5.74, 6) is 0. The lowest BCUT2D eigenvalue weighted by Crippen LogP contribution is -2.26. The van der Waals surface area contributed by atoms with E-state index in [9.17, 15) is 8.42 Å². The standard InChI is InChI=1S/C13H19N5O2S/c1-11-3-4-12(10-14)9-13(11)21(19,20)16-5-2-7-18-8-6-15-17-18/h3-4,6,8-9,16H,2,5,7,10,14H2,1H3. The second-order valence-corrected chi connectivity index (χ2v) is 6.46. The minimum absolute atomic E-state index is 0.284. The fourth-order valence-corrected chi connectivity index (χ4v) is 3.31. The van der Waals surface area contributed by atoms with Gasteiger partial charge in [-0.25, -0.2) is 13.1 Å². The molecular formula is C13H19N5O2S. The van der Waals surface area contributed by atoms with Crippen LogP contribution in [0.15, 0.2) is 35.5 Å². The molecule has 0 radical (unpaired) electrons. The van der Waals surface area contributed by atoms with Crippen molar-refractivity contribution in [3.8, 4) is 0 Å². The highest BCUT2D eigenvalue weighted by molar-refractivity contribution is 7.89. The van der Waals surface area contributed by atoms with Crippen LogP contribution >= 0.6 is 0 Å². The molecule has 7 nitrogen and oxygen atoms in total. The van der Waals surface area contributed by atoms with Gasteiger partial charge >= 0.3 is 0 Å². The second-order valence-electron chi connectivity index (χ2n) is 4.72. The number of nitrogens with one attached hydrogen (secondary N) is 1. The van der Waals surface area contributed by atoms with Crippen molar-refractivity contribution < 1.29 is 8.42 Å². The Morgan fingerprint density at radius 1 is 1.38 bits per heavy atom. The van der Waals surface area contributed by atoms with Gasteiger partial charge in [-0.3, -0.25) is 4.68 Å². The van der Waals surface area contributed by atoms with Gasteiger partial charge in [-0.1, -0.05) is 17.3 Å². The van der Waals surface area contributed by atoms with Crippen molar-refractivity contribution in [1.29, 1.82) is 0 Å². The van der Waals surface area contributed by atoms with Crippen molar-refractivity contribution in [3.63, 3.8) is 0 Å². The molecule has 2 rings (SSSR count). The fraction of sp³-hybridized carbons (Fsp3) is 0.385. The van der Waals surface area contributed by atoms with Crippen molar-refractivity contribution >= 4 is 10.0 Å². The van der Waals surface area contributed by atoms with Crippen molar-refractivity contribution in [2.24, 2.45) is 5.73 Å². The van der Waals surface area contributed by atoms with E-state index in [1.807, 2.05) is 6.07 Å². The maximum Gasteiger partial charge on any atom is 0.240 e. The van der Waals surface area contributed by atoms with Crippen LogP contribution in [0, 0.1) is 6.92 Å². The largest absolute Gasteiger partial charge is 0.326 e. The first-order chi connectivity index (χ1) is 10.0. The highest BCUT2D eigenvalue weighted by Crippen LogP contribution is 2.16. The Morgan fingerprint density at radius 2 is 2.19 bits per heavy atom. The zero-order chi connectivity index (χ0) is 15.3. The molecule has 2 aromatic rings. The molecule has 0 saturated carbocycles. The summed E-state index contributed by atoms with van der Waals surface area (Å²) in [5, 5.41) is 7.51. The third-order valence-corrected chi connectivity index (χ3v) is 4.71. The molecule has 0 spiro atoms. The van der Waals surface area contributed by atoms with Gasteiger partial charge < -0.3 is 5.73 Å². The SMILES string of the molecule is Cc1ccc(CN)cc1S(=O)(=O)NCCCn1ccnn1. The van der Waals surface area contributed by atoms with Crippen LogP contribution in [0.4, 0.5) is 0 Å². The molecule has 0 amide bonds. The quantitative estimate of drug-likeness (QED) is 0.721. The lowest BCUT2D eigenvalue weighted by Gasteiger charge is -2.10. The fourth-order valence-electron chi connectivity index (χ4n) is 1.94. The van der Waals surface area contributed by atoms with E-state index < -0.39 is 10.0 Å². The van der Waals surface area contributed by atoms with Gasteiger partial charge in [-0.05, 0) is 30.5 Å². The number of sulfonamides is 1. The number of aromatic nitrogens is 3. The van der Waals surface area contributed by atoms with Gasteiger partial charge in [0.25, 0.3) is 0 Å².